The highest BCUT2D eigenvalue weighted by molar-refractivity contribution is 8.23. The molecule has 1 aliphatic rings. The van der Waals surface area contributed by atoms with Gasteiger partial charge >= 0.3 is 0 Å². The van der Waals surface area contributed by atoms with Gasteiger partial charge in [-0.3, -0.25) is 4.79 Å². The average Bonchev–Trinajstić information content (AvgIpc) is 2.87. The number of amides is 1. The van der Waals surface area contributed by atoms with Crippen LogP contribution in [0.2, 0.25) is 0 Å². The maximum Gasteiger partial charge on any atom is 0.255 e. The quantitative estimate of drug-likeness (QED) is 0.572. The summed E-state index contributed by atoms with van der Waals surface area (Å²) in [5, 5.41) is 3.38. The molecule has 0 spiro atoms. The zero-order valence-electron chi connectivity index (χ0n) is 12.0. The normalized spacial score (nSPS) is 18.3. The molecule has 6 heteroatoms. The summed E-state index contributed by atoms with van der Waals surface area (Å²) in [6.07, 6.45) is 0.849. The van der Waals surface area contributed by atoms with Gasteiger partial charge in [-0.2, -0.15) is 0 Å². The summed E-state index contributed by atoms with van der Waals surface area (Å²) in [5.41, 5.74) is 7.20. The molecule has 0 radical (unpaired) electrons. The van der Waals surface area contributed by atoms with Crippen molar-refractivity contribution in [1.82, 2.24) is 0 Å². The highest BCUT2D eigenvalue weighted by Gasteiger charge is 2.21. The fourth-order valence-corrected chi connectivity index (χ4v) is 3.92. The predicted molar refractivity (Wildman–Crippen MR) is 90.9 cm³/mol. The van der Waals surface area contributed by atoms with E-state index < -0.39 is 21.9 Å². The van der Waals surface area contributed by atoms with Crippen LogP contribution in [-0.2, 0) is 0 Å². The largest absolute Gasteiger partial charge is 0.398 e. The van der Waals surface area contributed by atoms with Crippen LogP contribution in [0.25, 0.3) is 0 Å². The first-order valence-corrected chi connectivity index (χ1v) is 8.25. The minimum Gasteiger partial charge on any atom is -0.398 e. The third-order valence-corrected chi connectivity index (χ3v) is 5.32. The number of anilines is 2. The molecular formula is C17H14F2N2OS. The zero-order valence-corrected chi connectivity index (χ0v) is 12.9. The topological polar surface area (TPSA) is 55.1 Å². The standard InChI is InChI=1S/C17H14F2N2OS/c18-12-9-16(19)23(10-12)15-8-11(6-7-14(15)20)17(22)21-13-4-2-1-3-5-13/h1-10,23H,20H2,(H,21,22). The number of nitrogens with two attached hydrogens (primary N) is 1. The number of hydrogen-bond acceptors (Lipinski definition) is 2. The molecule has 23 heavy (non-hydrogen) atoms. The Kier molecular flexibility index (Phi) is 4.16. The van der Waals surface area contributed by atoms with Gasteiger partial charge in [0.2, 0.25) is 0 Å². The second kappa shape index (κ2) is 6.26. The van der Waals surface area contributed by atoms with Crippen LogP contribution in [0.3, 0.4) is 0 Å². The van der Waals surface area contributed by atoms with Gasteiger partial charge in [-0.1, -0.05) is 18.2 Å². The van der Waals surface area contributed by atoms with Crippen LogP contribution in [0.4, 0.5) is 20.2 Å². The number of halogens is 2. The van der Waals surface area contributed by atoms with Gasteiger partial charge in [-0.15, -0.1) is 10.9 Å². The van der Waals surface area contributed by atoms with Gasteiger partial charge in [0, 0.05) is 27.9 Å². The Morgan fingerprint density at radius 2 is 1.83 bits per heavy atom. The lowest BCUT2D eigenvalue weighted by Crippen LogP contribution is -2.12. The Bertz CT molecular complexity index is 819. The van der Waals surface area contributed by atoms with Crippen molar-refractivity contribution < 1.29 is 13.6 Å². The van der Waals surface area contributed by atoms with E-state index in [2.05, 4.69) is 5.32 Å². The lowest BCUT2D eigenvalue weighted by molar-refractivity contribution is 0.102. The van der Waals surface area contributed by atoms with Crippen LogP contribution in [0.1, 0.15) is 10.4 Å². The molecule has 0 fully saturated rings. The maximum absolute atomic E-state index is 13.8. The monoisotopic (exact) mass is 332 g/mol. The smallest absolute Gasteiger partial charge is 0.255 e. The molecule has 0 saturated heterocycles. The molecule has 1 heterocycles. The number of carbonyl (C=O) groups is 1. The van der Waals surface area contributed by atoms with E-state index in [-0.39, 0.29) is 5.91 Å². The van der Waals surface area contributed by atoms with E-state index in [0.29, 0.717) is 21.8 Å². The van der Waals surface area contributed by atoms with Crippen molar-refractivity contribution in [2.75, 3.05) is 11.1 Å². The second-order valence-corrected chi connectivity index (χ2v) is 6.85. The molecule has 0 aromatic heterocycles. The first-order chi connectivity index (χ1) is 11.0. The Labute approximate surface area is 134 Å². The van der Waals surface area contributed by atoms with Crippen molar-refractivity contribution in [3.8, 4) is 0 Å². The summed E-state index contributed by atoms with van der Waals surface area (Å²) in [6.45, 7) is 0. The Morgan fingerprint density at radius 3 is 2.48 bits per heavy atom. The van der Waals surface area contributed by atoms with Crippen molar-refractivity contribution in [2.45, 2.75) is 4.90 Å². The SMILES string of the molecule is Nc1ccc(C(=O)Nc2ccccc2)cc1[SH]1C=C(F)C=C1F. The summed E-state index contributed by atoms with van der Waals surface area (Å²) in [6, 6.07) is 13.6. The average molecular weight is 332 g/mol. The predicted octanol–water partition coefficient (Wildman–Crippen LogP) is 4.52. The van der Waals surface area contributed by atoms with Crippen LogP contribution in [0.5, 0.6) is 0 Å². The molecular weight excluding hydrogens is 318 g/mol. The lowest BCUT2D eigenvalue weighted by Gasteiger charge is -2.16. The second-order valence-electron chi connectivity index (χ2n) is 4.94. The summed E-state index contributed by atoms with van der Waals surface area (Å²) in [5.74, 6) is -0.951. The molecule has 3 nitrogen and oxygen atoms in total. The minimum absolute atomic E-state index is 0.333. The maximum atomic E-state index is 13.8. The number of carbonyl (C=O) groups excluding carboxylic acids is 1. The van der Waals surface area contributed by atoms with E-state index in [0.717, 1.165) is 6.08 Å². The zero-order chi connectivity index (χ0) is 16.4. The first-order valence-electron chi connectivity index (χ1n) is 6.84. The highest BCUT2D eigenvalue weighted by Crippen LogP contribution is 2.53. The molecule has 1 atom stereocenters. The van der Waals surface area contributed by atoms with Gasteiger partial charge in [-0.25, -0.2) is 8.78 Å². The van der Waals surface area contributed by atoms with Gasteiger partial charge in [0.15, 0.2) is 0 Å². The molecule has 2 aromatic carbocycles. The van der Waals surface area contributed by atoms with E-state index in [9.17, 15) is 13.6 Å². The fraction of sp³-hybridized carbons (Fsp3) is 0. The summed E-state index contributed by atoms with van der Waals surface area (Å²) >= 11 is 0. The molecule has 3 N–H and O–H groups in total. The summed E-state index contributed by atoms with van der Waals surface area (Å²) in [4.78, 5) is 12.7. The molecule has 2 aromatic rings. The van der Waals surface area contributed by atoms with Crippen molar-refractivity contribution in [3.63, 3.8) is 0 Å². The number of rotatable bonds is 3. The number of allylic oxidation sites excluding steroid dienone is 2. The van der Waals surface area contributed by atoms with Crippen LogP contribution in [-0.4, -0.2) is 5.91 Å². The highest BCUT2D eigenvalue weighted by atomic mass is 32.2. The van der Waals surface area contributed by atoms with Gasteiger partial charge in [0.05, 0.1) is 0 Å². The van der Waals surface area contributed by atoms with E-state index >= 15 is 0 Å². The van der Waals surface area contributed by atoms with E-state index in [1.54, 1.807) is 30.3 Å². The third-order valence-electron chi connectivity index (χ3n) is 3.32. The number of para-hydroxylation sites is 1. The molecule has 1 aliphatic heterocycles. The molecule has 0 bridgehead atoms. The van der Waals surface area contributed by atoms with Gasteiger partial charge in [-0.05, 0) is 35.7 Å². The number of nitrogens with one attached hydrogen (secondary N) is 1. The number of thiol groups is 1. The lowest BCUT2D eigenvalue weighted by atomic mass is 10.2. The Morgan fingerprint density at radius 1 is 1.09 bits per heavy atom. The van der Waals surface area contributed by atoms with Crippen molar-refractivity contribution >= 4 is 28.2 Å². The molecule has 3 rings (SSSR count). The summed E-state index contributed by atoms with van der Waals surface area (Å²) in [7, 11) is -1.61. The van der Waals surface area contributed by atoms with E-state index in [4.69, 9.17) is 5.73 Å². The molecule has 118 valence electrons. The molecule has 1 amide bonds. The van der Waals surface area contributed by atoms with Crippen LogP contribution in [0.15, 0.2) is 75.9 Å². The van der Waals surface area contributed by atoms with Crippen LogP contribution in [0, 0.1) is 0 Å². The Hall–Kier alpha value is -2.60. The Balaban J connectivity index is 1.89. The summed E-state index contributed by atoms with van der Waals surface area (Å²) < 4.78 is 27.1. The van der Waals surface area contributed by atoms with Crippen molar-refractivity contribution in [3.05, 3.63) is 76.6 Å². The number of hydrogen-bond donors (Lipinski definition) is 3. The van der Waals surface area contributed by atoms with Crippen molar-refractivity contribution in [1.29, 1.82) is 0 Å². The fourth-order valence-electron chi connectivity index (χ4n) is 2.21. The molecule has 0 saturated carbocycles. The van der Waals surface area contributed by atoms with Crippen molar-refractivity contribution in [2.24, 2.45) is 0 Å². The first kappa shape index (κ1) is 15.3. The van der Waals surface area contributed by atoms with Crippen LogP contribution < -0.4 is 11.1 Å². The van der Waals surface area contributed by atoms with E-state index in [1.807, 2.05) is 6.07 Å². The molecule has 0 aliphatic carbocycles. The van der Waals surface area contributed by atoms with E-state index in [1.165, 1.54) is 17.5 Å². The van der Waals surface area contributed by atoms with Crippen LogP contribution >= 0.6 is 10.9 Å². The minimum atomic E-state index is -1.61. The number of nitrogen functional groups attached to an aromatic ring is 1. The molecule has 1 unspecified atom stereocenters. The third kappa shape index (κ3) is 3.27. The number of benzene rings is 2. The van der Waals surface area contributed by atoms with Gasteiger partial charge in [0.25, 0.3) is 5.91 Å². The van der Waals surface area contributed by atoms with Gasteiger partial charge < -0.3 is 11.1 Å². The van der Waals surface area contributed by atoms with Gasteiger partial charge in [0.1, 0.15) is 11.0 Å².